The predicted octanol–water partition coefficient (Wildman–Crippen LogP) is 3.99. The Hall–Kier alpha value is -0.730. The summed E-state index contributed by atoms with van der Waals surface area (Å²) < 4.78 is 0. The van der Waals surface area contributed by atoms with Gasteiger partial charge < -0.3 is 10.0 Å². The molecule has 2 fully saturated rings. The zero-order chi connectivity index (χ0) is 13.2. The van der Waals surface area contributed by atoms with Crippen LogP contribution in [0.4, 0.5) is 5.69 Å². The highest BCUT2D eigenvalue weighted by Gasteiger charge is 2.33. The fourth-order valence-corrected chi connectivity index (χ4v) is 4.02. The van der Waals surface area contributed by atoms with Crippen molar-refractivity contribution in [2.45, 2.75) is 51.2 Å². The van der Waals surface area contributed by atoms with Gasteiger partial charge in [0.15, 0.2) is 0 Å². The van der Waals surface area contributed by atoms with Crippen molar-refractivity contribution in [3.8, 4) is 0 Å². The molecule has 2 aliphatic rings. The van der Waals surface area contributed by atoms with Crippen LogP contribution >= 0.6 is 11.6 Å². The molecule has 1 saturated carbocycles. The third-order valence-corrected chi connectivity index (χ3v) is 5.13. The number of aliphatic hydroxyl groups is 1. The first-order valence-corrected chi connectivity index (χ1v) is 7.83. The number of halogens is 1. The van der Waals surface area contributed by atoms with Crippen LogP contribution in [0.2, 0.25) is 5.02 Å². The van der Waals surface area contributed by atoms with Crippen molar-refractivity contribution < 1.29 is 5.11 Å². The largest absolute Gasteiger partial charge is 0.392 e. The molecule has 0 bridgehead atoms. The van der Waals surface area contributed by atoms with Crippen LogP contribution in [-0.2, 0) is 6.61 Å². The normalized spacial score (nSPS) is 24.3. The molecule has 1 N–H and O–H groups in total. The Morgan fingerprint density at radius 1 is 1.16 bits per heavy atom. The van der Waals surface area contributed by atoms with Crippen molar-refractivity contribution in [2.24, 2.45) is 5.92 Å². The standard InChI is InChI=1S/C16H22ClNO/c17-15-10-14(8-7-13(15)11-19)18-9-3-6-16(18)12-4-1-2-5-12/h7-8,10,12,16,19H,1-6,9,11H2. The van der Waals surface area contributed by atoms with E-state index in [1.54, 1.807) is 0 Å². The van der Waals surface area contributed by atoms with Gasteiger partial charge >= 0.3 is 0 Å². The first-order chi connectivity index (χ1) is 9.29. The summed E-state index contributed by atoms with van der Waals surface area (Å²) in [5.41, 5.74) is 2.05. The Balaban J connectivity index is 1.81. The van der Waals surface area contributed by atoms with Gasteiger partial charge in [0.05, 0.1) is 6.61 Å². The molecule has 1 atom stereocenters. The molecule has 0 spiro atoms. The van der Waals surface area contributed by atoms with Crippen LogP contribution in [0, 0.1) is 5.92 Å². The van der Waals surface area contributed by atoms with Crippen molar-refractivity contribution in [1.29, 1.82) is 0 Å². The minimum atomic E-state index is 0.0190. The quantitative estimate of drug-likeness (QED) is 0.904. The molecule has 1 aliphatic carbocycles. The van der Waals surface area contributed by atoms with E-state index in [1.807, 2.05) is 12.1 Å². The molecule has 1 unspecified atom stereocenters. The summed E-state index contributed by atoms with van der Waals surface area (Å²) in [7, 11) is 0. The zero-order valence-corrected chi connectivity index (χ0v) is 12.1. The summed E-state index contributed by atoms with van der Waals surface area (Å²) in [4.78, 5) is 2.54. The van der Waals surface area contributed by atoms with E-state index >= 15 is 0 Å². The fraction of sp³-hybridized carbons (Fsp3) is 0.625. The average Bonchev–Trinajstić information content (AvgIpc) is 3.09. The van der Waals surface area contributed by atoms with Gasteiger partial charge in [0, 0.05) is 23.3 Å². The van der Waals surface area contributed by atoms with E-state index in [4.69, 9.17) is 11.6 Å². The number of nitrogens with zero attached hydrogens (tertiary/aromatic N) is 1. The highest BCUT2D eigenvalue weighted by atomic mass is 35.5. The topological polar surface area (TPSA) is 23.5 Å². The number of hydrogen-bond acceptors (Lipinski definition) is 2. The van der Waals surface area contributed by atoms with Crippen molar-refractivity contribution in [3.63, 3.8) is 0 Å². The summed E-state index contributed by atoms with van der Waals surface area (Å²) in [6.45, 7) is 1.17. The van der Waals surface area contributed by atoms with E-state index in [1.165, 1.54) is 44.2 Å². The Kier molecular flexibility index (Phi) is 3.99. The van der Waals surface area contributed by atoms with Gasteiger partial charge in [-0.2, -0.15) is 0 Å². The molecule has 1 aliphatic heterocycles. The molecule has 3 rings (SSSR count). The highest BCUT2D eigenvalue weighted by molar-refractivity contribution is 6.31. The third kappa shape index (κ3) is 2.61. The molecule has 0 aromatic heterocycles. The fourth-order valence-electron chi connectivity index (χ4n) is 3.79. The maximum atomic E-state index is 9.20. The SMILES string of the molecule is OCc1ccc(N2CCCC2C2CCCC2)cc1Cl. The molecule has 1 aromatic carbocycles. The Morgan fingerprint density at radius 2 is 1.95 bits per heavy atom. The van der Waals surface area contributed by atoms with Crippen molar-refractivity contribution in [2.75, 3.05) is 11.4 Å². The highest BCUT2D eigenvalue weighted by Crippen LogP contribution is 2.38. The summed E-state index contributed by atoms with van der Waals surface area (Å²) in [6.07, 6.45) is 8.20. The molecule has 0 radical (unpaired) electrons. The lowest BCUT2D eigenvalue weighted by Gasteiger charge is -2.31. The van der Waals surface area contributed by atoms with Crippen LogP contribution in [0.3, 0.4) is 0 Å². The van der Waals surface area contributed by atoms with Gasteiger partial charge in [-0.25, -0.2) is 0 Å². The second kappa shape index (κ2) is 5.72. The van der Waals surface area contributed by atoms with Crippen molar-refractivity contribution in [3.05, 3.63) is 28.8 Å². The van der Waals surface area contributed by atoms with Gasteiger partial charge in [-0.05, 0) is 49.3 Å². The number of anilines is 1. The lowest BCUT2D eigenvalue weighted by molar-refractivity contribution is 0.282. The molecule has 3 heteroatoms. The van der Waals surface area contributed by atoms with Crippen molar-refractivity contribution in [1.82, 2.24) is 0 Å². The molecule has 0 amide bonds. The van der Waals surface area contributed by atoms with Gasteiger partial charge in [0.25, 0.3) is 0 Å². The van der Waals surface area contributed by atoms with Gasteiger partial charge in [-0.3, -0.25) is 0 Å². The maximum Gasteiger partial charge on any atom is 0.0696 e. The van der Waals surface area contributed by atoms with Crippen LogP contribution < -0.4 is 4.90 Å². The number of aliphatic hydroxyl groups excluding tert-OH is 1. The maximum absolute atomic E-state index is 9.20. The van der Waals surface area contributed by atoms with Crippen LogP contribution in [0.15, 0.2) is 18.2 Å². The minimum Gasteiger partial charge on any atom is -0.392 e. The van der Waals surface area contributed by atoms with Crippen molar-refractivity contribution >= 4 is 17.3 Å². The lowest BCUT2D eigenvalue weighted by atomic mass is 9.95. The van der Waals surface area contributed by atoms with Gasteiger partial charge in [0.2, 0.25) is 0 Å². The number of benzene rings is 1. The molecule has 1 heterocycles. The second-order valence-corrected chi connectivity index (χ2v) is 6.29. The van der Waals surface area contributed by atoms with Gasteiger partial charge in [0.1, 0.15) is 0 Å². The van der Waals surface area contributed by atoms with E-state index in [-0.39, 0.29) is 6.61 Å². The molecule has 1 saturated heterocycles. The van der Waals surface area contributed by atoms with Crippen LogP contribution in [-0.4, -0.2) is 17.7 Å². The van der Waals surface area contributed by atoms with Crippen LogP contribution in [0.25, 0.3) is 0 Å². The molecule has 19 heavy (non-hydrogen) atoms. The summed E-state index contributed by atoms with van der Waals surface area (Å²) in [5, 5.41) is 9.89. The first-order valence-electron chi connectivity index (χ1n) is 7.45. The average molecular weight is 280 g/mol. The van der Waals surface area contributed by atoms with Gasteiger partial charge in [-0.15, -0.1) is 0 Å². The summed E-state index contributed by atoms with van der Waals surface area (Å²) >= 11 is 6.23. The van der Waals surface area contributed by atoms with E-state index in [9.17, 15) is 5.11 Å². The molecule has 104 valence electrons. The van der Waals surface area contributed by atoms with Gasteiger partial charge in [-0.1, -0.05) is 30.5 Å². The van der Waals surface area contributed by atoms with Crippen LogP contribution in [0.5, 0.6) is 0 Å². The van der Waals surface area contributed by atoms with E-state index in [2.05, 4.69) is 11.0 Å². The molecule has 2 nitrogen and oxygen atoms in total. The number of hydrogen-bond donors (Lipinski definition) is 1. The smallest absolute Gasteiger partial charge is 0.0696 e. The Bertz CT molecular complexity index is 442. The molecular weight excluding hydrogens is 258 g/mol. The van der Waals surface area contributed by atoms with E-state index in [0.717, 1.165) is 18.0 Å². The second-order valence-electron chi connectivity index (χ2n) is 5.88. The first kappa shape index (κ1) is 13.3. The molecule has 1 aromatic rings. The zero-order valence-electron chi connectivity index (χ0n) is 11.3. The Labute approximate surface area is 120 Å². The molecular formula is C16H22ClNO. The van der Waals surface area contributed by atoms with E-state index < -0.39 is 0 Å². The predicted molar refractivity (Wildman–Crippen MR) is 79.7 cm³/mol. The summed E-state index contributed by atoms with van der Waals surface area (Å²) in [5.74, 6) is 0.874. The third-order valence-electron chi connectivity index (χ3n) is 4.78. The Morgan fingerprint density at radius 3 is 2.63 bits per heavy atom. The summed E-state index contributed by atoms with van der Waals surface area (Å²) in [6, 6.07) is 6.81. The number of rotatable bonds is 3. The minimum absolute atomic E-state index is 0.0190. The van der Waals surface area contributed by atoms with Crippen LogP contribution in [0.1, 0.15) is 44.1 Å². The lowest BCUT2D eigenvalue weighted by Crippen LogP contribution is -2.34. The monoisotopic (exact) mass is 279 g/mol. The van der Waals surface area contributed by atoms with E-state index in [0.29, 0.717) is 11.1 Å².